The van der Waals surface area contributed by atoms with Crippen LogP contribution in [0.4, 0.5) is 22.0 Å². The maximum absolute atomic E-state index is 14.9. The Labute approximate surface area is 252 Å². The summed E-state index contributed by atoms with van der Waals surface area (Å²) >= 11 is 0. The fourth-order valence-electron chi connectivity index (χ4n) is 5.34. The first kappa shape index (κ1) is 29.6. The summed E-state index contributed by atoms with van der Waals surface area (Å²) in [4.78, 5) is 59.6. The Morgan fingerprint density at radius 1 is 0.622 bits per heavy atom. The normalized spacial score (nSPS) is 14.6. The van der Waals surface area contributed by atoms with Crippen LogP contribution in [0.15, 0.2) is 90.2 Å². The van der Waals surface area contributed by atoms with Crippen molar-refractivity contribution in [3.8, 4) is 0 Å². The molecule has 4 aromatic rings. The summed E-state index contributed by atoms with van der Waals surface area (Å²) in [5, 5.41) is 0. The molecule has 0 bridgehead atoms. The lowest BCUT2D eigenvalue weighted by molar-refractivity contribution is -0.140. The van der Waals surface area contributed by atoms with E-state index in [9.17, 15) is 41.1 Å². The van der Waals surface area contributed by atoms with E-state index >= 15 is 0 Å². The van der Waals surface area contributed by atoms with Gasteiger partial charge in [-0.25, -0.2) is 8.78 Å². The van der Waals surface area contributed by atoms with Gasteiger partial charge in [0.1, 0.15) is 5.82 Å². The van der Waals surface area contributed by atoms with Gasteiger partial charge in [0.15, 0.2) is 29.0 Å². The second-order valence-electron chi connectivity index (χ2n) is 10.6. The molecule has 2 aromatic carbocycles. The van der Waals surface area contributed by atoms with Crippen LogP contribution in [0.3, 0.4) is 0 Å². The van der Waals surface area contributed by atoms with Gasteiger partial charge in [-0.3, -0.25) is 29.1 Å². The topological polar surface area (TPSA) is 94.1 Å². The third kappa shape index (κ3) is 5.76. The van der Waals surface area contributed by atoms with E-state index in [1.54, 1.807) is 24.3 Å². The van der Waals surface area contributed by atoms with Gasteiger partial charge in [-0.1, -0.05) is 36.4 Å². The number of hydrogen-bond donors (Lipinski definition) is 0. The Morgan fingerprint density at radius 3 is 1.93 bits per heavy atom. The standard InChI is InChI=1S/C34H19F5N2O4/c35-27-8-6-20(11-18-13-30(42)22-3-1-2-4-24(22)32(18)44)41-29(27)10-17-5-7-23-25(9-17)33(45)19(14-31(23)43)12-21-15-26(34(37,38)39)28(36)16-40-21/h1-9,13-16H,10-12H2. The van der Waals surface area contributed by atoms with Crippen LogP contribution < -0.4 is 0 Å². The summed E-state index contributed by atoms with van der Waals surface area (Å²) in [6.07, 6.45) is -2.88. The zero-order valence-corrected chi connectivity index (χ0v) is 23.0. The largest absolute Gasteiger partial charge is 0.419 e. The average molecular weight is 615 g/mol. The molecule has 6 nitrogen and oxygen atoms in total. The Morgan fingerprint density at radius 2 is 1.24 bits per heavy atom. The predicted molar refractivity (Wildman–Crippen MR) is 150 cm³/mol. The molecule has 0 aliphatic heterocycles. The summed E-state index contributed by atoms with van der Waals surface area (Å²) in [5.41, 5.74) is -0.373. The second-order valence-corrected chi connectivity index (χ2v) is 10.6. The number of alkyl halides is 3. The molecule has 6 rings (SSSR count). The van der Waals surface area contributed by atoms with Crippen LogP contribution in [0, 0.1) is 11.6 Å². The number of fused-ring (bicyclic) bond motifs is 2. The van der Waals surface area contributed by atoms with Gasteiger partial charge in [0.2, 0.25) is 0 Å². The molecule has 0 unspecified atom stereocenters. The van der Waals surface area contributed by atoms with E-state index in [0.717, 1.165) is 6.08 Å². The molecule has 224 valence electrons. The Bertz CT molecular complexity index is 2030. The quantitative estimate of drug-likeness (QED) is 0.232. The van der Waals surface area contributed by atoms with Crippen LogP contribution in [0.25, 0.3) is 0 Å². The van der Waals surface area contributed by atoms with Crippen molar-refractivity contribution < 1.29 is 41.1 Å². The molecule has 0 saturated carbocycles. The van der Waals surface area contributed by atoms with Crippen molar-refractivity contribution >= 4 is 23.1 Å². The van der Waals surface area contributed by atoms with Crippen LogP contribution in [0.2, 0.25) is 0 Å². The highest BCUT2D eigenvalue weighted by Crippen LogP contribution is 2.33. The van der Waals surface area contributed by atoms with Crippen molar-refractivity contribution in [2.75, 3.05) is 0 Å². The van der Waals surface area contributed by atoms with E-state index in [1.165, 1.54) is 36.4 Å². The van der Waals surface area contributed by atoms with Crippen LogP contribution >= 0.6 is 0 Å². The molecule has 0 saturated heterocycles. The fraction of sp³-hybridized carbons (Fsp3) is 0.118. The highest BCUT2D eigenvalue weighted by atomic mass is 19.4. The highest BCUT2D eigenvalue weighted by Gasteiger charge is 2.35. The fourth-order valence-corrected chi connectivity index (χ4v) is 5.34. The van der Waals surface area contributed by atoms with E-state index in [1.807, 2.05) is 0 Å². The molecule has 11 heteroatoms. The van der Waals surface area contributed by atoms with Crippen molar-refractivity contribution in [3.05, 3.63) is 152 Å². The zero-order valence-electron chi connectivity index (χ0n) is 23.0. The molecule has 2 aromatic heterocycles. The first-order valence-electron chi connectivity index (χ1n) is 13.6. The van der Waals surface area contributed by atoms with Crippen LogP contribution in [0.1, 0.15) is 69.6 Å². The van der Waals surface area contributed by atoms with E-state index in [2.05, 4.69) is 9.97 Å². The lowest BCUT2D eigenvalue weighted by Gasteiger charge is -2.17. The maximum atomic E-state index is 14.9. The van der Waals surface area contributed by atoms with E-state index in [4.69, 9.17) is 0 Å². The van der Waals surface area contributed by atoms with Gasteiger partial charge in [0, 0.05) is 64.1 Å². The predicted octanol–water partition coefficient (Wildman–Crippen LogP) is 6.46. The average Bonchev–Trinajstić information content (AvgIpc) is 3.00. The summed E-state index contributed by atoms with van der Waals surface area (Å²) < 4.78 is 68.0. The van der Waals surface area contributed by atoms with E-state index in [-0.39, 0.29) is 63.6 Å². The number of hydrogen-bond acceptors (Lipinski definition) is 6. The number of benzene rings is 2. The van der Waals surface area contributed by atoms with Gasteiger partial charge in [-0.15, -0.1) is 0 Å². The van der Waals surface area contributed by atoms with Gasteiger partial charge in [-0.2, -0.15) is 13.2 Å². The number of carbonyl (C=O) groups excluding carboxylic acids is 4. The van der Waals surface area contributed by atoms with Crippen molar-refractivity contribution in [1.82, 2.24) is 9.97 Å². The lowest BCUT2D eigenvalue weighted by Crippen LogP contribution is -2.19. The number of rotatable bonds is 6. The van der Waals surface area contributed by atoms with Crippen molar-refractivity contribution in [2.24, 2.45) is 0 Å². The second kappa shape index (κ2) is 11.2. The number of carbonyl (C=O) groups is 4. The number of ketones is 4. The van der Waals surface area contributed by atoms with Crippen LogP contribution in [-0.4, -0.2) is 33.1 Å². The molecule has 0 amide bonds. The number of allylic oxidation sites excluding steroid dienone is 4. The van der Waals surface area contributed by atoms with Crippen LogP contribution in [0.5, 0.6) is 0 Å². The van der Waals surface area contributed by atoms with Gasteiger partial charge in [0.25, 0.3) is 0 Å². The van der Waals surface area contributed by atoms with Gasteiger partial charge in [0.05, 0.1) is 17.5 Å². The smallest absolute Gasteiger partial charge is 0.289 e. The first-order chi connectivity index (χ1) is 21.4. The molecule has 2 aliphatic rings. The maximum Gasteiger partial charge on any atom is 0.419 e. The third-order valence-corrected chi connectivity index (χ3v) is 7.53. The Hall–Kier alpha value is -5.45. The van der Waals surface area contributed by atoms with Crippen molar-refractivity contribution in [1.29, 1.82) is 0 Å². The Kier molecular flexibility index (Phi) is 7.39. The van der Waals surface area contributed by atoms with E-state index < -0.39 is 41.4 Å². The van der Waals surface area contributed by atoms with Crippen molar-refractivity contribution in [2.45, 2.75) is 25.4 Å². The summed E-state index contributed by atoms with van der Waals surface area (Å²) in [7, 11) is 0. The number of pyridine rings is 2. The molecule has 0 radical (unpaired) electrons. The number of halogens is 5. The summed E-state index contributed by atoms with van der Waals surface area (Å²) in [6.45, 7) is 0. The number of Topliss-reactive ketones (excluding diaryl/α,β-unsaturated/α-hetero) is 2. The molecule has 0 atom stereocenters. The molecule has 2 aliphatic carbocycles. The molecule has 0 N–H and O–H groups in total. The minimum atomic E-state index is -4.98. The lowest BCUT2D eigenvalue weighted by atomic mass is 9.86. The molecule has 2 heterocycles. The first-order valence-corrected chi connectivity index (χ1v) is 13.6. The van der Waals surface area contributed by atoms with Gasteiger partial charge in [-0.05, 0) is 42.0 Å². The molecule has 0 spiro atoms. The summed E-state index contributed by atoms with van der Waals surface area (Å²) in [5.74, 6) is -4.07. The minimum Gasteiger partial charge on any atom is -0.289 e. The van der Waals surface area contributed by atoms with E-state index in [0.29, 0.717) is 29.1 Å². The van der Waals surface area contributed by atoms with Gasteiger partial charge >= 0.3 is 6.18 Å². The Balaban J connectivity index is 1.23. The molecule has 45 heavy (non-hydrogen) atoms. The molecular weight excluding hydrogens is 595 g/mol. The highest BCUT2D eigenvalue weighted by molar-refractivity contribution is 6.25. The zero-order chi connectivity index (χ0) is 32.0. The number of aromatic nitrogens is 2. The SMILES string of the molecule is O=C1C=C(Cc2cc(C(F)(F)F)c(F)cn2)C(=O)c2cc(Cc3nc(CC4=CC(=O)c5ccccc5C4=O)ccc3F)ccc21. The van der Waals surface area contributed by atoms with Gasteiger partial charge < -0.3 is 0 Å². The minimum absolute atomic E-state index is 0.0106. The molecule has 0 fully saturated rings. The monoisotopic (exact) mass is 614 g/mol. The van der Waals surface area contributed by atoms with Crippen molar-refractivity contribution in [3.63, 3.8) is 0 Å². The number of nitrogens with zero attached hydrogens (tertiary/aromatic N) is 2. The third-order valence-electron chi connectivity index (χ3n) is 7.53. The molecular formula is C34H19F5N2O4. The summed E-state index contributed by atoms with van der Waals surface area (Å²) in [6, 6.07) is 13.8. The van der Waals surface area contributed by atoms with Crippen LogP contribution in [-0.2, 0) is 25.4 Å².